The van der Waals surface area contributed by atoms with Crippen LogP contribution in [0.2, 0.25) is 0 Å². The Bertz CT molecular complexity index is 1190. The first-order chi connectivity index (χ1) is 15.9. The number of amides is 1. The Hall–Kier alpha value is -2.84. The number of anilines is 1. The van der Waals surface area contributed by atoms with E-state index in [2.05, 4.69) is 0 Å². The van der Waals surface area contributed by atoms with Crippen molar-refractivity contribution in [3.05, 3.63) is 45.2 Å². The second-order valence-corrected chi connectivity index (χ2v) is 10.3. The number of likely N-dealkylation sites (N-methyl/N-ethyl adjacent to an activating group) is 1. The third-order valence-electron chi connectivity index (χ3n) is 7.69. The van der Waals surface area contributed by atoms with Crippen molar-refractivity contribution in [1.29, 1.82) is 0 Å². The molecular weight excluding hydrogens is 458 g/mol. The first-order valence-corrected chi connectivity index (χ1v) is 11.5. The average molecular weight is 488 g/mol. The minimum Gasteiger partial charge on any atom is -0.511 e. The van der Waals surface area contributed by atoms with E-state index in [1.165, 1.54) is 7.11 Å². The van der Waals surface area contributed by atoms with Crippen LogP contribution in [0.15, 0.2) is 34.1 Å². The number of ether oxygens (including phenoxy) is 1. The summed E-state index contributed by atoms with van der Waals surface area (Å²) in [5.74, 6) is -2.62. The van der Waals surface area contributed by atoms with Gasteiger partial charge in [-0.05, 0) is 63.4 Å². The molecule has 0 bridgehead atoms. The Kier molecular flexibility index (Phi) is 5.81. The molecular formula is C25H30ClN3O5. The van der Waals surface area contributed by atoms with Gasteiger partial charge in [-0.1, -0.05) is 11.6 Å². The molecule has 3 aliphatic carbocycles. The predicted molar refractivity (Wildman–Crippen MR) is 129 cm³/mol. The molecule has 0 saturated heterocycles. The molecule has 8 nitrogen and oxygen atoms in total. The summed E-state index contributed by atoms with van der Waals surface area (Å²) >= 11 is 6.58. The zero-order valence-corrected chi connectivity index (χ0v) is 21.0. The maximum atomic E-state index is 13.9. The van der Waals surface area contributed by atoms with E-state index in [1.54, 1.807) is 27.1 Å². The molecule has 1 aromatic carbocycles. The number of aliphatic hydroxyl groups excluding tert-OH is 1. The topological polar surface area (TPSA) is 113 Å². The molecule has 0 saturated carbocycles. The highest BCUT2D eigenvalue weighted by Gasteiger charge is 2.60. The summed E-state index contributed by atoms with van der Waals surface area (Å²) < 4.78 is 5.49. The summed E-state index contributed by atoms with van der Waals surface area (Å²) in [4.78, 5) is 43.5. The molecule has 34 heavy (non-hydrogen) atoms. The lowest BCUT2D eigenvalue weighted by Gasteiger charge is -2.51. The van der Waals surface area contributed by atoms with Gasteiger partial charge < -0.3 is 25.4 Å². The van der Waals surface area contributed by atoms with Crippen molar-refractivity contribution in [2.75, 3.05) is 40.2 Å². The maximum absolute atomic E-state index is 13.9. The normalized spacial score (nSPS) is 28.5. The van der Waals surface area contributed by atoms with Gasteiger partial charge in [0.1, 0.15) is 11.5 Å². The quantitative estimate of drug-likeness (QED) is 0.627. The molecule has 9 heteroatoms. The maximum Gasteiger partial charge on any atom is 0.253 e. The molecule has 1 aromatic rings. The van der Waals surface area contributed by atoms with Crippen LogP contribution < -0.4 is 15.4 Å². The van der Waals surface area contributed by atoms with Crippen LogP contribution in [-0.4, -0.2) is 68.8 Å². The fraction of sp³-hybridized carbons (Fsp3) is 0.480. The molecule has 0 spiro atoms. The van der Waals surface area contributed by atoms with Gasteiger partial charge in [-0.2, -0.15) is 0 Å². The van der Waals surface area contributed by atoms with Crippen molar-refractivity contribution in [1.82, 2.24) is 4.90 Å². The standard InChI is InChI=1S/C25H30ClN3O5/c1-25-13(20(29(4)5)19(26)18(23(25)32)24(27)33)10-11-9-12-14(28(2)3)7-8-15(34-6)17(12)21(30)16(11)22(25)31/h7-8,11,13,20,31H,9-10H2,1-6H3,(H2,27,33)/t11-,13-,20-,25+/m0/s1. The Labute approximate surface area is 204 Å². The smallest absolute Gasteiger partial charge is 0.253 e. The zero-order valence-electron chi connectivity index (χ0n) is 20.2. The van der Waals surface area contributed by atoms with Crippen LogP contribution in [-0.2, 0) is 16.0 Å². The van der Waals surface area contributed by atoms with Gasteiger partial charge in [-0.15, -0.1) is 0 Å². The number of carbonyl (C=O) groups is 3. The molecule has 0 aromatic heterocycles. The first kappa shape index (κ1) is 24.3. The summed E-state index contributed by atoms with van der Waals surface area (Å²) in [7, 11) is 8.91. The van der Waals surface area contributed by atoms with E-state index in [1.807, 2.05) is 30.0 Å². The van der Waals surface area contributed by atoms with Crippen molar-refractivity contribution in [3.63, 3.8) is 0 Å². The Balaban J connectivity index is 1.98. The number of allylic oxidation sites excluding steroid dienone is 2. The molecule has 4 atom stereocenters. The highest BCUT2D eigenvalue weighted by Crippen LogP contribution is 2.57. The summed E-state index contributed by atoms with van der Waals surface area (Å²) in [6.45, 7) is 1.58. The Morgan fingerprint density at radius 3 is 2.41 bits per heavy atom. The Morgan fingerprint density at radius 2 is 1.88 bits per heavy atom. The molecule has 0 fully saturated rings. The van der Waals surface area contributed by atoms with Crippen molar-refractivity contribution in [2.45, 2.75) is 25.8 Å². The second kappa shape index (κ2) is 8.13. The molecule has 0 heterocycles. The number of halogens is 1. The van der Waals surface area contributed by atoms with Gasteiger partial charge in [0.15, 0.2) is 11.6 Å². The number of primary amides is 1. The van der Waals surface area contributed by atoms with Crippen LogP contribution in [0.1, 0.15) is 29.3 Å². The predicted octanol–water partition coefficient (Wildman–Crippen LogP) is 2.45. The van der Waals surface area contributed by atoms with Crippen molar-refractivity contribution in [3.8, 4) is 5.75 Å². The third-order valence-corrected chi connectivity index (χ3v) is 8.10. The SMILES string of the molecule is COc1ccc(N(C)C)c2c1C(=O)C1=C(O)[C@]3(C)C(=O)C(C(N)=O)=C(Cl)[C@@H](N(C)C)[C@@H]3C[C@@H]1C2. The summed E-state index contributed by atoms with van der Waals surface area (Å²) in [5.41, 5.74) is 6.05. The number of nitrogens with zero attached hydrogens (tertiary/aromatic N) is 2. The van der Waals surface area contributed by atoms with Crippen LogP contribution in [0.3, 0.4) is 0 Å². The number of Topliss-reactive ketones (excluding diaryl/α,β-unsaturated/α-hetero) is 2. The lowest BCUT2D eigenvalue weighted by molar-refractivity contribution is -0.132. The molecule has 182 valence electrons. The fourth-order valence-electron chi connectivity index (χ4n) is 6.06. The number of fused-ring (bicyclic) bond motifs is 3. The molecule has 1 amide bonds. The van der Waals surface area contributed by atoms with Gasteiger partial charge in [0.25, 0.3) is 5.91 Å². The van der Waals surface area contributed by atoms with Gasteiger partial charge in [0.05, 0.1) is 34.7 Å². The third kappa shape index (κ3) is 3.11. The van der Waals surface area contributed by atoms with E-state index in [4.69, 9.17) is 22.1 Å². The van der Waals surface area contributed by atoms with Gasteiger partial charge in [0.2, 0.25) is 0 Å². The van der Waals surface area contributed by atoms with E-state index < -0.39 is 29.1 Å². The van der Waals surface area contributed by atoms with Crippen LogP contribution in [0, 0.1) is 17.3 Å². The lowest BCUT2D eigenvalue weighted by Crippen LogP contribution is -2.57. The molecule has 0 unspecified atom stereocenters. The summed E-state index contributed by atoms with van der Waals surface area (Å²) in [6.07, 6.45) is 0.929. The van der Waals surface area contributed by atoms with Gasteiger partial charge >= 0.3 is 0 Å². The summed E-state index contributed by atoms with van der Waals surface area (Å²) in [6, 6.07) is 3.13. The number of hydrogen-bond acceptors (Lipinski definition) is 7. The van der Waals surface area contributed by atoms with E-state index in [9.17, 15) is 19.5 Å². The number of rotatable bonds is 4. The molecule has 3 N–H and O–H groups in total. The first-order valence-electron chi connectivity index (χ1n) is 11.1. The Morgan fingerprint density at radius 1 is 1.24 bits per heavy atom. The minimum atomic E-state index is -1.51. The number of hydrogen-bond donors (Lipinski definition) is 2. The number of aliphatic hydroxyl groups is 1. The number of nitrogens with two attached hydrogens (primary N) is 1. The largest absolute Gasteiger partial charge is 0.511 e. The number of carbonyl (C=O) groups excluding carboxylic acids is 3. The number of benzene rings is 1. The van der Waals surface area contributed by atoms with Crippen LogP contribution in [0.25, 0.3) is 0 Å². The number of methoxy groups -OCH3 is 1. The summed E-state index contributed by atoms with van der Waals surface area (Å²) in [5, 5.41) is 11.7. The van der Waals surface area contributed by atoms with E-state index in [0.29, 0.717) is 24.2 Å². The van der Waals surface area contributed by atoms with Crippen molar-refractivity contribution < 1.29 is 24.2 Å². The molecule has 3 aliphatic rings. The van der Waals surface area contributed by atoms with E-state index >= 15 is 0 Å². The highest BCUT2D eigenvalue weighted by molar-refractivity contribution is 6.38. The van der Waals surface area contributed by atoms with E-state index in [0.717, 1.165) is 11.3 Å². The van der Waals surface area contributed by atoms with Crippen molar-refractivity contribution >= 4 is 34.8 Å². The second-order valence-electron chi connectivity index (χ2n) is 9.90. The molecule has 0 radical (unpaired) electrons. The van der Waals surface area contributed by atoms with Crippen LogP contribution >= 0.6 is 11.6 Å². The minimum absolute atomic E-state index is 0.0828. The highest BCUT2D eigenvalue weighted by atomic mass is 35.5. The van der Waals surface area contributed by atoms with Crippen molar-refractivity contribution in [2.24, 2.45) is 23.0 Å². The van der Waals surface area contributed by atoms with Crippen LogP contribution in [0.4, 0.5) is 5.69 Å². The average Bonchev–Trinajstić information content (AvgIpc) is 2.74. The van der Waals surface area contributed by atoms with E-state index in [-0.39, 0.29) is 33.6 Å². The molecule has 0 aliphatic heterocycles. The van der Waals surface area contributed by atoms with Gasteiger partial charge in [-0.3, -0.25) is 14.4 Å². The lowest BCUT2D eigenvalue weighted by atomic mass is 9.54. The van der Waals surface area contributed by atoms with Gasteiger partial charge in [-0.25, -0.2) is 0 Å². The molecule has 4 rings (SSSR count). The fourth-order valence-corrected chi connectivity index (χ4v) is 6.58. The zero-order chi connectivity index (χ0) is 25.3. The number of ketones is 2. The van der Waals surface area contributed by atoms with Crippen LogP contribution in [0.5, 0.6) is 5.75 Å². The monoisotopic (exact) mass is 487 g/mol. The van der Waals surface area contributed by atoms with Gasteiger partial charge in [0, 0.05) is 25.4 Å².